The SMILES string of the molecule is CN(C)CC[C@H](c1ccccc1)n1cc(NC(=O)c2n[nH]c3cc(-c4cn[nH]c4)ccc23)cn1. The van der Waals surface area contributed by atoms with E-state index in [0.29, 0.717) is 11.4 Å². The van der Waals surface area contributed by atoms with E-state index in [9.17, 15) is 4.79 Å². The molecule has 1 atom stereocenters. The van der Waals surface area contributed by atoms with Crippen molar-refractivity contribution in [3.8, 4) is 11.1 Å². The molecule has 3 N–H and O–H groups in total. The number of hydrogen-bond acceptors (Lipinski definition) is 5. The van der Waals surface area contributed by atoms with E-state index < -0.39 is 0 Å². The monoisotopic (exact) mass is 454 g/mol. The minimum atomic E-state index is -0.286. The maximum Gasteiger partial charge on any atom is 0.276 e. The molecule has 3 aromatic heterocycles. The summed E-state index contributed by atoms with van der Waals surface area (Å²) in [5.74, 6) is -0.286. The Kier molecular flexibility index (Phi) is 5.92. The van der Waals surface area contributed by atoms with Crippen molar-refractivity contribution in [3.63, 3.8) is 0 Å². The number of amides is 1. The zero-order chi connectivity index (χ0) is 23.5. The fourth-order valence-corrected chi connectivity index (χ4v) is 4.05. The molecular weight excluding hydrogens is 428 g/mol. The van der Waals surface area contributed by atoms with Crippen LogP contribution < -0.4 is 5.32 Å². The third-order valence-corrected chi connectivity index (χ3v) is 5.82. The Labute approximate surface area is 196 Å². The van der Waals surface area contributed by atoms with Gasteiger partial charge in [0.15, 0.2) is 5.69 Å². The highest BCUT2D eigenvalue weighted by Gasteiger charge is 2.18. The highest BCUT2D eigenvalue weighted by Crippen LogP contribution is 2.26. The molecule has 0 aliphatic heterocycles. The number of hydrogen-bond donors (Lipinski definition) is 3. The van der Waals surface area contributed by atoms with Gasteiger partial charge in [0.1, 0.15) is 0 Å². The van der Waals surface area contributed by atoms with Crippen molar-refractivity contribution >= 4 is 22.5 Å². The molecular formula is C25H26N8O. The van der Waals surface area contributed by atoms with Crippen molar-refractivity contribution in [2.24, 2.45) is 0 Å². The van der Waals surface area contributed by atoms with Gasteiger partial charge in [-0.1, -0.05) is 36.4 Å². The number of anilines is 1. The number of benzene rings is 2. The Balaban J connectivity index is 1.35. The topological polar surface area (TPSA) is 108 Å². The zero-order valence-electron chi connectivity index (χ0n) is 19.1. The molecule has 2 aromatic carbocycles. The number of carbonyl (C=O) groups excluding carboxylic acids is 1. The molecule has 0 saturated carbocycles. The largest absolute Gasteiger partial charge is 0.318 e. The molecule has 0 bridgehead atoms. The number of H-pyrrole nitrogens is 2. The van der Waals surface area contributed by atoms with Crippen LogP contribution in [0.3, 0.4) is 0 Å². The molecule has 172 valence electrons. The molecule has 9 heteroatoms. The van der Waals surface area contributed by atoms with Crippen LogP contribution in [0.1, 0.15) is 28.5 Å². The van der Waals surface area contributed by atoms with Gasteiger partial charge >= 0.3 is 0 Å². The minimum absolute atomic E-state index is 0.0711. The number of carbonyl (C=O) groups is 1. The molecule has 0 saturated heterocycles. The molecule has 0 unspecified atom stereocenters. The highest BCUT2D eigenvalue weighted by molar-refractivity contribution is 6.11. The molecule has 5 rings (SSSR count). The molecule has 9 nitrogen and oxygen atoms in total. The maximum atomic E-state index is 13.0. The van der Waals surface area contributed by atoms with Gasteiger partial charge in [0.05, 0.1) is 29.6 Å². The lowest BCUT2D eigenvalue weighted by atomic mass is 10.0. The van der Waals surface area contributed by atoms with Gasteiger partial charge in [-0.3, -0.25) is 19.7 Å². The predicted molar refractivity (Wildman–Crippen MR) is 132 cm³/mol. The molecule has 0 radical (unpaired) electrons. The summed E-state index contributed by atoms with van der Waals surface area (Å²) in [6, 6.07) is 16.2. The Morgan fingerprint density at radius 2 is 1.97 bits per heavy atom. The minimum Gasteiger partial charge on any atom is -0.318 e. The molecule has 5 aromatic rings. The van der Waals surface area contributed by atoms with Gasteiger partial charge in [-0.15, -0.1) is 0 Å². The maximum absolute atomic E-state index is 13.0. The second-order valence-electron chi connectivity index (χ2n) is 8.50. The fourth-order valence-electron chi connectivity index (χ4n) is 4.05. The Bertz CT molecular complexity index is 1390. The van der Waals surface area contributed by atoms with E-state index in [1.807, 2.05) is 53.5 Å². The molecule has 0 fully saturated rings. The van der Waals surface area contributed by atoms with Crippen molar-refractivity contribution in [1.29, 1.82) is 0 Å². The van der Waals surface area contributed by atoms with E-state index in [0.717, 1.165) is 35.0 Å². The van der Waals surface area contributed by atoms with Gasteiger partial charge in [0.25, 0.3) is 5.91 Å². The average molecular weight is 455 g/mol. The third kappa shape index (κ3) is 4.46. The second kappa shape index (κ2) is 9.32. The number of rotatable bonds is 8. The summed E-state index contributed by atoms with van der Waals surface area (Å²) < 4.78 is 1.91. The van der Waals surface area contributed by atoms with Crippen molar-refractivity contribution in [2.45, 2.75) is 12.5 Å². The lowest BCUT2D eigenvalue weighted by Gasteiger charge is -2.20. The highest BCUT2D eigenvalue weighted by atomic mass is 16.2. The van der Waals surface area contributed by atoms with Crippen molar-refractivity contribution < 1.29 is 4.79 Å². The zero-order valence-corrected chi connectivity index (χ0v) is 19.1. The van der Waals surface area contributed by atoms with E-state index >= 15 is 0 Å². The fraction of sp³-hybridized carbons (Fsp3) is 0.200. The lowest BCUT2D eigenvalue weighted by molar-refractivity contribution is 0.102. The van der Waals surface area contributed by atoms with Crippen LogP contribution in [0.2, 0.25) is 0 Å². The summed E-state index contributed by atoms with van der Waals surface area (Å²) in [4.78, 5) is 15.2. The van der Waals surface area contributed by atoms with E-state index in [-0.39, 0.29) is 11.9 Å². The molecule has 0 aliphatic carbocycles. The third-order valence-electron chi connectivity index (χ3n) is 5.82. The first-order chi connectivity index (χ1) is 16.6. The van der Waals surface area contributed by atoms with Crippen molar-refractivity contribution in [3.05, 3.63) is 84.6 Å². The van der Waals surface area contributed by atoms with Gasteiger partial charge in [-0.2, -0.15) is 15.3 Å². The van der Waals surface area contributed by atoms with Crippen molar-refractivity contribution in [2.75, 3.05) is 26.0 Å². The number of nitrogens with zero attached hydrogens (tertiary/aromatic N) is 5. The average Bonchev–Trinajstić information content (AvgIpc) is 3.60. The molecule has 34 heavy (non-hydrogen) atoms. The van der Waals surface area contributed by atoms with E-state index in [1.54, 1.807) is 12.4 Å². The number of nitrogens with one attached hydrogen (secondary N) is 3. The van der Waals surface area contributed by atoms with Crippen LogP contribution in [-0.2, 0) is 0 Å². The van der Waals surface area contributed by atoms with Crippen LogP contribution >= 0.6 is 0 Å². The summed E-state index contributed by atoms with van der Waals surface area (Å²) in [5.41, 5.74) is 4.89. The normalized spacial score (nSPS) is 12.3. The Morgan fingerprint density at radius 3 is 2.74 bits per heavy atom. The number of aromatic amines is 2. The van der Waals surface area contributed by atoms with Crippen LogP contribution in [0.4, 0.5) is 5.69 Å². The van der Waals surface area contributed by atoms with Crippen LogP contribution in [0.5, 0.6) is 0 Å². The summed E-state index contributed by atoms with van der Waals surface area (Å²) in [6.45, 7) is 0.918. The van der Waals surface area contributed by atoms with Gasteiger partial charge in [0.2, 0.25) is 0 Å². The lowest BCUT2D eigenvalue weighted by Crippen LogP contribution is -2.20. The van der Waals surface area contributed by atoms with Crippen LogP contribution in [0, 0.1) is 0 Å². The number of fused-ring (bicyclic) bond motifs is 1. The first-order valence-electron chi connectivity index (χ1n) is 11.1. The molecule has 1 amide bonds. The van der Waals surface area contributed by atoms with Gasteiger partial charge < -0.3 is 10.2 Å². The summed E-state index contributed by atoms with van der Waals surface area (Å²) in [5, 5.41) is 22.3. The number of aromatic nitrogens is 6. The Hall–Kier alpha value is -4.24. The Morgan fingerprint density at radius 1 is 1.12 bits per heavy atom. The van der Waals surface area contributed by atoms with Gasteiger partial charge in [-0.05, 0) is 50.3 Å². The quantitative estimate of drug-likeness (QED) is 0.329. The van der Waals surface area contributed by atoms with Gasteiger partial charge in [-0.25, -0.2) is 0 Å². The summed E-state index contributed by atoms with van der Waals surface area (Å²) in [7, 11) is 4.12. The standard InChI is InChI=1S/C25H26N8O/c1-32(2)11-10-23(17-6-4-3-5-7-17)33-16-20(15-28-33)29-25(34)24-21-9-8-18(12-22(21)30-31-24)19-13-26-27-14-19/h3-9,12-16,23H,10-11H2,1-2H3,(H,26,27)(H,29,34)(H,30,31)/t23-/m1/s1. The molecule has 0 spiro atoms. The van der Waals surface area contributed by atoms with Crippen LogP contribution in [0.25, 0.3) is 22.0 Å². The predicted octanol–water partition coefficient (Wildman–Crippen LogP) is 3.94. The molecule has 3 heterocycles. The van der Waals surface area contributed by atoms with Crippen molar-refractivity contribution in [1.82, 2.24) is 35.1 Å². The van der Waals surface area contributed by atoms with Crippen LogP contribution in [-0.4, -0.2) is 61.6 Å². The first kappa shape index (κ1) is 21.6. The summed E-state index contributed by atoms with van der Waals surface area (Å²) in [6.07, 6.45) is 8.02. The van der Waals surface area contributed by atoms with E-state index in [4.69, 9.17) is 0 Å². The second-order valence-corrected chi connectivity index (χ2v) is 8.50. The smallest absolute Gasteiger partial charge is 0.276 e. The van der Waals surface area contributed by atoms with Gasteiger partial charge in [0, 0.05) is 23.3 Å². The van der Waals surface area contributed by atoms with E-state index in [2.05, 4.69) is 61.9 Å². The molecule has 0 aliphatic rings. The first-order valence-corrected chi connectivity index (χ1v) is 11.1. The summed E-state index contributed by atoms with van der Waals surface area (Å²) >= 11 is 0. The van der Waals surface area contributed by atoms with E-state index in [1.165, 1.54) is 5.56 Å². The van der Waals surface area contributed by atoms with Crippen LogP contribution in [0.15, 0.2) is 73.3 Å².